The number of H-pyrrole nitrogens is 1. The van der Waals surface area contributed by atoms with Crippen LogP contribution in [0.4, 0.5) is 0 Å². The second-order valence-corrected chi connectivity index (χ2v) is 5.99. The second-order valence-electron chi connectivity index (χ2n) is 5.08. The number of halogens is 1. The van der Waals surface area contributed by atoms with E-state index in [1.54, 1.807) is 20.8 Å². The van der Waals surface area contributed by atoms with Crippen LogP contribution < -0.4 is 0 Å². The van der Waals surface area contributed by atoms with Gasteiger partial charge in [-0.15, -0.1) is 0 Å². The Labute approximate surface area is 138 Å². The summed E-state index contributed by atoms with van der Waals surface area (Å²) >= 11 is 3.40. The molecule has 22 heavy (non-hydrogen) atoms. The average molecular weight is 364 g/mol. The summed E-state index contributed by atoms with van der Waals surface area (Å²) in [4.78, 5) is 27.4. The lowest BCUT2D eigenvalue weighted by Crippen LogP contribution is -2.08. The number of Topliss-reactive ketones (excluding diaryl/α,β-unsaturated/α-hetero) is 1. The number of hydrogen-bond donors (Lipinski definition) is 1. The third-order valence-corrected chi connectivity index (χ3v) is 3.94. The predicted octanol–water partition coefficient (Wildman–Crippen LogP) is 4.00. The molecule has 2 rings (SSSR count). The van der Waals surface area contributed by atoms with Gasteiger partial charge in [-0.05, 0) is 44.0 Å². The predicted molar refractivity (Wildman–Crippen MR) is 88.4 cm³/mol. The fraction of sp³-hybridized carbons (Fsp3) is 0.294. The molecular weight excluding hydrogens is 346 g/mol. The lowest BCUT2D eigenvalue weighted by molar-refractivity contribution is 0.0519. The van der Waals surface area contributed by atoms with Gasteiger partial charge in [0.2, 0.25) is 0 Å². The highest BCUT2D eigenvalue weighted by atomic mass is 79.9. The van der Waals surface area contributed by atoms with Crippen LogP contribution in [0.5, 0.6) is 0 Å². The van der Waals surface area contributed by atoms with E-state index in [0.717, 1.165) is 10.0 Å². The molecule has 0 unspecified atom stereocenters. The van der Waals surface area contributed by atoms with Crippen molar-refractivity contribution >= 4 is 27.7 Å². The van der Waals surface area contributed by atoms with E-state index in [4.69, 9.17) is 4.74 Å². The zero-order valence-electron chi connectivity index (χ0n) is 12.8. The van der Waals surface area contributed by atoms with Crippen molar-refractivity contribution in [2.75, 3.05) is 6.61 Å². The van der Waals surface area contributed by atoms with Crippen LogP contribution in [0, 0.1) is 13.8 Å². The van der Waals surface area contributed by atoms with Crippen molar-refractivity contribution in [3.8, 4) is 0 Å². The maximum absolute atomic E-state index is 12.6. The fourth-order valence-corrected chi connectivity index (χ4v) is 2.94. The number of ether oxygens (including phenoxy) is 1. The minimum atomic E-state index is -0.426. The second kappa shape index (κ2) is 6.92. The van der Waals surface area contributed by atoms with Crippen LogP contribution in [0.25, 0.3) is 0 Å². The number of hydrogen-bond acceptors (Lipinski definition) is 3. The topological polar surface area (TPSA) is 59.2 Å². The number of benzene rings is 1. The van der Waals surface area contributed by atoms with E-state index in [1.807, 2.05) is 24.3 Å². The smallest absolute Gasteiger partial charge is 0.355 e. The Balaban J connectivity index is 2.28. The Hall–Kier alpha value is -1.88. The van der Waals surface area contributed by atoms with Gasteiger partial charge in [0, 0.05) is 22.2 Å². The fourth-order valence-electron chi connectivity index (χ4n) is 2.50. The molecule has 1 aromatic carbocycles. The number of aryl methyl sites for hydroxylation is 1. The first-order valence-electron chi connectivity index (χ1n) is 7.08. The summed E-state index contributed by atoms with van der Waals surface area (Å²) in [5.74, 6) is -0.440. The van der Waals surface area contributed by atoms with Crippen LogP contribution in [0.1, 0.15) is 44.6 Å². The monoisotopic (exact) mass is 363 g/mol. The summed E-state index contributed by atoms with van der Waals surface area (Å²) in [6.45, 7) is 5.62. The van der Waals surface area contributed by atoms with Gasteiger partial charge in [-0.2, -0.15) is 0 Å². The zero-order valence-corrected chi connectivity index (χ0v) is 14.4. The van der Waals surface area contributed by atoms with Gasteiger partial charge in [0.15, 0.2) is 5.78 Å². The minimum absolute atomic E-state index is 0.0140. The van der Waals surface area contributed by atoms with Crippen LogP contribution in [-0.2, 0) is 11.2 Å². The molecule has 0 aliphatic carbocycles. The molecule has 0 saturated heterocycles. The molecule has 4 nitrogen and oxygen atoms in total. The molecule has 0 spiro atoms. The van der Waals surface area contributed by atoms with Gasteiger partial charge in [0.1, 0.15) is 5.69 Å². The van der Waals surface area contributed by atoms with E-state index in [1.165, 1.54) is 0 Å². The number of aromatic amines is 1. The van der Waals surface area contributed by atoms with Crippen LogP contribution in [-0.4, -0.2) is 23.3 Å². The van der Waals surface area contributed by atoms with Gasteiger partial charge in [0.05, 0.1) is 6.61 Å². The molecule has 1 aromatic heterocycles. The highest BCUT2D eigenvalue weighted by Crippen LogP contribution is 2.21. The number of ketones is 1. The Kier molecular flexibility index (Phi) is 5.19. The summed E-state index contributed by atoms with van der Waals surface area (Å²) < 4.78 is 5.94. The Bertz CT molecular complexity index is 719. The number of carbonyl (C=O) groups excluding carboxylic acids is 2. The number of esters is 1. The van der Waals surface area contributed by atoms with Crippen LogP contribution in [0.3, 0.4) is 0 Å². The SMILES string of the molecule is CCOC(=O)c1[nH]c(C)c(C(=O)Cc2cccc(Br)c2)c1C. The molecule has 1 heterocycles. The van der Waals surface area contributed by atoms with Gasteiger partial charge >= 0.3 is 5.97 Å². The van der Waals surface area contributed by atoms with Crippen LogP contribution in [0.2, 0.25) is 0 Å². The largest absolute Gasteiger partial charge is 0.461 e. The first-order valence-corrected chi connectivity index (χ1v) is 7.87. The molecule has 0 atom stereocenters. The molecule has 0 radical (unpaired) electrons. The van der Waals surface area contributed by atoms with Crippen LogP contribution >= 0.6 is 15.9 Å². The normalized spacial score (nSPS) is 10.5. The zero-order chi connectivity index (χ0) is 16.3. The lowest BCUT2D eigenvalue weighted by atomic mass is 10.00. The highest BCUT2D eigenvalue weighted by molar-refractivity contribution is 9.10. The molecule has 0 bridgehead atoms. The summed E-state index contributed by atoms with van der Waals surface area (Å²) in [6.07, 6.45) is 0.293. The summed E-state index contributed by atoms with van der Waals surface area (Å²) in [5.41, 5.74) is 3.20. The first kappa shape index (κ1) is 16.5. The molecule has 0 aliphatic rings. The molecular formula is C17H18BrNO3. The van der Waals surface area contributed by atoms with Gasteiger partial charge < -0.3 is 9.72 Å². The molecule has 116 valence electrons. The summed E-state index contributed by atoms with van der Waals surface area (Å²) in [6, 6.07) is 7.64. The third-order valence-electron chi connectivity index (χ3n) is 3.45. The van der Waals surface area contributed by atoms with E-state index in [-0.39, 0.29) is 5.78 Å². The number of carbonyl (C=O) groups is 2. The molecule has 2 aromatic rings. The van der Waals surface area contributed by atoms with Crippen molar-refractivity contribution in [3.63, 3.8) is 0 Å². The standard InChI is InChI=1S/C17H18BrNO3/c1-4-22-17(21)16-10(2)15(11(3)19-16)14(20)9-12-6-5-7-13(18)8-12/h5-8,19H,4,9H2,1-3H3. The van der Waals surface area contributed by atoms with Gasteiger partial charge in [-0.1, -0.05) is 28.1 Å². The Morgan fingerprint density at radius 3 is 2.64 bits per heavy atom. The maximum atomic E-state index is 12.6. The van der Waals surface area contributed by atoms with Crippen molar-refractivity contribution in [1.29, 1.82) is 0 Å². The number of rotatable bonds is 5. The minimum Gasteiger partial charge on any atom is -0.461 e. The summed E-state index contributed by atoms with van der Waals surface area (Å²) in [5, 5.41) is 0. The number of aromatic nitrogens is 1. The van der Waals surface area contributed by atoms with E-state index in [9.17, 15) is 9.59 Å². The van der Waals surface area contributed by atoms with Gasteiger partial charge in [-0.3, -0.25) is 4.79 Å². The average Bonchev–Trinajstić information content (AvgIpc) is 2.74. The van der Waals surface area contributed by atoms with E-state index < -0.39 is 5.97 Å². The molecule has 0 aliphatic heterocycles. The molecule has 5 heteroatoms. The molecule has 0 fully saturated rings. The van der Waals surface area contributed by atoms with Crippen molar-refractivity contribution in [2.45, 2.75) is 27.2 Å². The maximum Gasteiger partial charge on any atom is 0.355 e. The van der Waals surface area contributed by atoms with Crippen molar-refractivity contribution in [1.82, 2.24) is 4.98 Å². The molecule has 1 N–H and O–H groups in total. The summed E-state index contributed by atoms with van der Waals surface area (Å²) in [7, 11) is 0. The van der Waals surface area contributed by atoms with Crippen molar-refractivity contribution < 1.29 is 14.3 Å². The van der Waals surface area contributed by atoms with Crippen molar-refractivity contribution in [2.24, 2.45) is 0 Å². The lowest BCUT2D eigenvalue weighted by Gasteiger charge is -2.04. The van der Waals surface area contributed by atoms with Crippen LogP contribution in [0.15, 0.2) is 28.7 Å². The van der Waals surface area contributed by atoms with E-state index in [2.05, 4.69) is 20.9 Å². The molecule has 0 amide bonds. The third kappa shape index (κ3) is 3.47. The Morgan fingerprint density at radius 1 is 1.27 bits per heavy atom. The molecule has 0 saturated carbocycles. The highest BCUT2D eigenvalue weighted by Gasteiger charge is 2.22. The van der Waals surface area contributed by atoms with E-state index >= 15 is 0 Å². The van der Waals surface area contributed by atoms with Crippen molar-refractivity contribution in [3.05, 3.63) is 56.8 Å². The quantitative estimate of drug-likeness (QED) is 0.645. The van der Waals surface area contributed by atoms with Gasteiger partial charge in [-0.25, -0.2) is 4.79 Å². The Morgan fingerprint density at radius 2 is 2.00 bits per heavy atom. The number of nitrogens with one attached hydrogen (secondary N) is 1. The first-order chi connectivity index (χ1) is 10.4. The van der Waals surface area contributed by atoms with E-state index in [0.29, 0.717) is 35.5 Å². The van der Waals surface area contributed by atoms with Gasteiger partial charge in [0.25, 0.3) is 0 Å².